The van der Waals surface area contributed by atoms with Gasteiger partial charge in [-0.05, 0) is 41.1 Å². The van der Waals surface area contributed by atoms with Crippen molar-refractivity contribution in [2.24, 2.45) is 7.05 Å². The van der Waals surface area contributed by atoms with Crippen molar-refractivity contribution in [1.82, 2.24) is 9.78 Å². The molecular weight excluding hydrogens is 282 g/mol. The van der Waals surface area contributed by atoms with Crippen LogP contribution in [0.25, 0.3) is 0 Å². The Morgan fingerprint density at radius 2 is 2.12 bits per heavy atom. The predicted octanol–water partition coefficient (Wildman–Crippen LogP) is 2.74. The molecule has 1 N–H and O–H groups in total. The van der Waals surface area contributed by atoms with Gasteiger partial charge < -0.3 is 5.32 Å². The van der Waals surface area contributed by atoms with Crippen LogP contribution in [-0.4, -0.2) is 15.7 Å². The lowest BCUT2D eigenvalue weighted by Gasteiger charge is -2.06. The van der Waals surface area contributed by atoms with Gasteiger partial charge in [0.05, 0.1) is 11.4 Å². The van der Waals surface area contributed by atoms with Crippen LogP contribution in [0.1, 0.15) is 16.2 Å². The lowest BCUT2D eigenvalue weighted by Crippen LogP contribution is -2.16. The molecule has 0 aliphatic carbocycles. The van der Waals surface area contributed by atoms with Gasteiger partial charge in [-0.2, -0.15) is 5.10 Å². The van der Waals surface area contributed by atoms with E-state index < -0.39 is 0 Å². The second kappa shape index (κ2) is 4.71. The summed E-state index contributed by atoms with van der Waals surface area (Å²) in [7, 11) is 1.75. The topological polar surface area (TPSA) is 46.9 Å². The Morgan fingerprint density at radius 1 is 1.41 bits per heavy atom. The number of aromatic nitrogens is 2. The van der Waals surface area contributed by atoms with Gasteiger partial charge in [0.1, 0.15) is 5.69 Å². The lowest BCUT2D eigenvalue weighted by atomic mass is 10.3. The molecular formula is C12H12BrN3O. The van der Waals surface area contributed by atoms with E-state index in [2.05, 4.69) is 26.3 Å². The van der Waals surface area contributed by atoms with Crippen LogP contribution < -0.4 is 5.32 Å². The number of carbonyl (C=O) groups excluding carboxylic acids is 1. The van der Waals surface area contributed by atoms with Crippen LogP contribution in [0.5, 0.6) is 0 Å². The van der Waals surface area contributed by atoms with Crippen molar-refractivity contribution in [2.75, 3.05) is 5.32 Å². The third-order valence-corrected chi connectivity index (χ3v) is 3.05. The number of aryl methyl sites for hydroxylation is 2. The minimum absolute atomic E-state index is 0.167. The Labute approximate surface area is 108 Å². The van der Waals surface area contributed by atoms with Crippen LogP contribution in [0.15, 0.2) is 34.8 Å². The molecule has 1 aromatic heterocycles. The molecule has 0 unspecified atom stereocenters. The predicted molar refractivity (Wildman–Crippen MR) is 70.0 cm³/mol. The first-order chi connectivity index (χ1) is 8.08. The monoisotopic (exact) mass is 293 g/mol. The summed E-state index contributed by atoms with van der Waals surface area (Å²) in [6.45, 7) is 1.86. The Morgan fingerprint density at radius 3 is 2.71 bits per heavy atom. The third-order valence-electron chi connectivity index (χ3n) is 2.36. The first-order valence-corrected chi connectivity index (χ1v) is 5.94. The van der Waals surface area contributed by atoms with Gasteiger partial charge in [0.15, 0.2) is 0 Å². The van der Waals surface area contributed by atoms with E-state index in [1.54, 1.807) is 17.8 Å². The zero-order chi connectivity index (χ0) is 12.4. The maximum absolute atomic E-state index is 12.0. The molecule has 0 bridgehead atoms. The van der Waals surface area contributed by atoms with Crippen LogP contribution in [0.4, 0.5) is 5.69 Å². The standard InChI is InChI=1S/C12H12BrN3O/c1-8-7-11(16(2)15-8)12(17)14-10-6-4-3-5-9(10)13/h3-7H,1-2H3,(H,14,17). The van der Waals surface area contributed by atoms with Gasteiger partial charge in [0.25, 0.3) is 5.91 Å². The van der Waals surface area contributed by atoms with Crippen LogP contribution in [0.2, 0.25) is 0 Å². The number of benzene rings is 1. The molecule has 1 amide bonds. The van der Waals surface area contributed by atoms with Gasteiger partial charge in [-0.1, -0.05) is 12.1 Å². The molecule has 0 atom stereocenters. The van der Waals surface area contributed by atoms with E-state index in [0.717, 1.165) is 15.9 Å². The van der Waals surface area contributed by atoms with Gasteiger partial charge in [-0.15, -0.1) is 0 Å². The number of hydrogen-bond donors (Lipinski definition) is 1. The highest BCUT2D eigenvalue weighted by Crippen LogP contribution is 2.21. The van der Waals surface area contributed by atoms with Crippen LogP contribution in [0, 0.1) is 6.92 Å². The Bertz CT molecular complexity index is 563. The van der Waals surface area contributed by atoms with Gasteiger partial charge in [0, 0.05) is 11.5 Å². The van der Waals surface area contributed by atoms with E-state index in [1.807, 2.05) is 31.2 Å². The van der Waals surface area contributed by atoms with Crippen LogP contribution in [-0.2, 0) is 7.05 Å². The van der Waals surface area contributed by atoms with Crippen molar-refractivity contribution in [3.63, 3.8) is 0 Å². The zero-order valence-electron chi connectivity index (χ0n) is 9.57. The molecule has 4 nitrogen and oxygen atoms in total. The number of nitrogens with zero attached hydrogens (tertiary/aromatic N) is 2. The minimum Gasteiger partial charge on any atom is -0.320 e. The third kappa shape index (κ3) is 2.55. The van der Waals surface area contributed by atoms with Gasteiger partial charge >= 0.3 is 0 Å². The average Bonchev–Trinajstić information content (AvgIpc) is 2.61. The number of amides is 1. The van der Waals surface area contributed by atoms with Gasteiger partial charge in [-0.25, -0.2) is 0 Å². The number of nitrogens with one attached hydrogen (secondary N) is 1. The molecule has 88 valence electrons. The van der Waals surface area contributed by atoms with Gasteiger partial charge in [0.2, 0.25) is 0 Å². The summed E-state index contributed by atoms with van der Waals surface area (Å²) in [6, 6.07) is 9.24. The smallest absolute Gasteiger partial charge is 0.273 e. The number of halogens is 1. The fraction of sp³-hybridized carbons (Fsp3) is 0.167. The van der Waals surface area contributed by atoms with Crippen molar-refractivity contribution in [3.05, 3.63) is 46.2 Å². The van der Waals surface area contributed by atoms with E-state index in [-0.39, 0.29) is 5.91 Å². The highest BCUT2D eigenvalue weighted by molar-refractivity contribution is 9.10. The molecule has 2 aromatic rings. The van der Waals surface area contributed by atoms with E-state index in [1.165, 1.54) is 0 Å². The molecule has 0 saturated heterocycles. The second-order valence-electron chi connectivity index (χ2n) is 3.73. The number of hydrogen-bond acceptors (Lipinski definition) is 2. The molecule has 2 rings (SSSR count). The molecule has 0 radical (unpaired) electrons. The van der Waals surface area contributed by atoms with Crippen molar-refractivity contribution in [3.8, 4) is 0 Å². The summed E-state index contributed by atoms with van der Waals surface area (Å²) < 4.78 is 2.42. The fourth-order valence-electron chi connectivity index (χ4n) is 1.57. The summed E-state index contributed by atoms with van der Waals surface area (Å²) in [4.78, 5) is 12.0. The van der Waals surface area contributed by atoms with E-state index >= 15 is 0 Å². The first kappa shape index (κ1) is 11.9. The number of carbonyl (C=O) groups is 1. The summed E-state index contributed by atoms with van der Waals surface area (Å²) >= 11 is 3.38. The number of rotatable bonds is 2. The molecule has 0 fully saturated rings. The summed E-state index contributed by atoms with van der Waals surface area (Å²) in [5.74, 6) is -0.167. The van der Waals surface area contributed by atoms with Crippen molar-refractivity contribution < 1.29 is 4.79 Å². The number of anilines is 1. The molecule has 0 aliphatic heterocycles. The van der Waals surface area contributed by atoms with Crippen molar-refractivity contribution in [1.29, 1.82) is 0 Å². The van der Waals surface area contributed by atoms with E-state index in [0.29, 0.717) is 5.69 Å². The first-order valence-electron chi connectivity index (χ1n) is 5.14. The highest BCUT2D eigenvalue weighted by atomic mass is 79.9. The molecule has 1 heterocycles. The SMILES string of the molecule is Cc1cc(C(=O)Nc2ccccc2Br)n(C)n1. The molecule has 17 heavy (non-hydrogen) atoms. The Hall–Kier alpha value is -1.62. The quantitative estimate of drug-likeness (QED) is 0.925. The maximum atomic E-state index is 12.0. The van der Waals surface area contributed by atoms with E-state index in [9.17, 15) is 4.79 Å². The minimum atomic E-state index is -0.167. The summed E-state index contributed by atoms with van der Waals surface area (Å²) in [5.41, 5.74) is 2.11. The normalized spacial score (nSPS) is 10.3. The lowest BCUT2D eigenvalue weighted by molar-refractivity contribution is 0.101. The van der Waals surface area contributed by atoms with Crippen LogP contribution >= 0.6 is 15.9 Å². The Kier molecular flexibility index (Phi) is 3.28. The zero-order valence-corrected chi connectivity index (χ0v) is 11.2. The van der Waals surface area contributed by atoms with Crippen molar-refractivity contribution >= 4 is 27.5 Å². The Balaban J connectivity index is 2.23. The highest BCUT2D eigenvalue weighted by Gasteiger charge is 2.12. The molecule has 0 saturated carbocycles. The molecule has 5 heteroatoms. The molecule has 0 spiro atoms. The average molecular weight is 294 g/mol. The van der Waals surface area contributed by atoms with E-state index in [4.69, 9.17) is 0 Å². The largest absolute Gasteiger partial charge is 0.320 e. The van der Waals surface area contributed by atoms with Crippen LogP contribution in [0.3, 0.4) is 0 Å². The summed E-state index contributed by atoms with van der Waals surface area (Å²) in [6.07, 6.45) is 0. The maximum Gasteiger partial charge on any atom is 0.273 e. The second-order valence-corrected chi connectivity index (χ2v) is 4.58. The number of para-hydroxylation sites is 1. The summed E-state index contributed by atoms with van der Waals surface area (Å²) in [5, 5.41) is 6.97. The van der Waals surface area contributed by atoms with Crippen molar-refractivity contribution in [2.45, 2.75) is 6.92 Å². The van der Waals surface area contributed by atoms with Gasteiger partial charge in [-0.3, -0.25) is 9.48 Å². The molecule has 0 aliphatic rings. The molecule has 1 aromatic carbocycles. The fourth-order valence-corrected chi connectivity index (χ4v) is 1.96.